The van der Waals surface area contributed by atoms with Crippen LogP contribution in [-0.4, -0.2) is 56.6 Å². The van der Waals surface area contributed by atoms with Crippen molar-refractivity contribution in [3.8, 4) is 5.88 Å². The second-order valence-corrected chi connectivity index (χ2v) is 10.6. The summed E-state index contributed by atoms with van der Waals surface area (Å²) in [5.41, 5.74) is 1.20. The summed E-state index contributed by atoms with van der Waals surface area (Å²) < 4.78 is 39.1. The van der Waals surface area contributed by atoms with Gasteiger partial charge < -0.3 is 14.8 Å². The number of pyridine rings is 1. The maximum absolute atomic E-state index is 12.2. The van der Waals surface area contributed by atoms with E-state index in [1.54, 1.807) is 20.0 Å². The predicted molar refractivity (Wildman–Crippen MR) is 114 cm³/mol. The van der Waals surface area contributed by atoms with Crippen molar-refractivity contribution in [3.05, 3.63) is 23.9 Å². The Labute approximate surface area is 175 Å². The Morgan fingerprint density at radius 2 is 2.00 bits per heavy atom. The van der Waals surface area contributed by atoms with Gasteiger partial charge in [0.15, 0.2) is 0 Å². The molecular weight excluding hydrogens is 390 g/mol. The summed E-state index contributed by atoms with van der Waals surface area (Å²) in [5.74, 6) is 1.22. The fourth-order valence-electron chi connectivity index (χ4n) is 4.18. The Morgan fingerprint density at radius 3 is 2.69 bits per heavy atom. The fraction of sp³-hybridized carbons (Fsp3) is 0.762. The molecule has 8 heteroatoms. The predicted octanol–water partition coefficient (Wildman–Crippen LogP) is 2.58. The molecule has 3 rings (SSSR count). The first-order valence-electron chi connectivity index (χ1n) is 10.8. The van der Waals surface area contributed by atoms with E-state index < -0.39 is 15.3 Å². The van der Waals surface area contributed by atoms with E-state index in [9.17, 15) is 8.42 Å². The molecule has 1 saturated heterocycles. The van der Waals surface area contributed by atoms with Crippen molar-refractivity contribution >= 4 is 10.0 Å². The van der Waals surface area contributed by atoms with Crippen LogP contribution >= 0.6 is 0 Å². The van der Waals surface area contributed by atoms with E-state index in [4.69, 9.17) is 9.47 Å². The Bertz CT molecular complexity index is 748. The average Bonchev–Trinajstić information content (AvgIpc) is 3.14. The van der Waals surface area contributed by atoms with Crippen LogP contribution in [0.4, 0.5) is 0 Å². The summed E-state index contributed by atoms with van der Waals surface area (Å²) in [7, 11) is -3.27. The molecule has 0 unspecified atom stereocenters. The molecule has 0 radical (unpaired) electrons. The van der Waals surface area contributed by atoms with E-state index in [0.29, 0.717) is 19.1 Å². The van der Waals surface area contributed by atoms with Crippen LogP contribution in [0.1, 0.15) is 64.4 Å². The van der Waals surface area contributed by atoms with Gasteiger partial charge in [0.25, 0.3) is 0 Å². The smallest absolute Gasteiger partial charge is 0.216 e. The molecule has 0 aromatic carbocycles. The molecule has 2 fully saturated rings. The van der Waals surface area contributed by atoms with Gasteiger partial charge in [0.2, 0.25) is 15.9 Å². The summed E-state index contributed by atoms with van der Waals surface area (Å²) in [5, 5.41) is 2.96. The van der Waals surface area contributed by atoms with Crippen LogP contribution in [0.15, 0.2) is 18.3 Å². The lowest BCUT2D eigenvalue weighted by Gasteiger charge is -2.31. The molecule has 0 bridgehead atoms. The molecule has 1 aliphatic carbocycles. The molecule has 1 aromatic rings. The molecule has 0 amide bonds. The Morgan fingerprint density at radius 1 is 1.24 bits per heavy atom. The number of hydrogen-bond donors (Lipinski definition) is 2. The third-order valence-corrected chi connectivity index (χ3v) is 7.86. The van der Waals surface area contributed by atoms with E-state index >= 15 is 0 Å². The number of nitrogens with zero attached hydrogens (tertiary/aromatic N) is 1. The number of nitrogens with one attached hydrogen (secondary N) is 2. The molecule has 1 aromatic heterocycles. The monoisotopic (exact) mass is 425 g/mol. The van der Waals surface area contributed by atoms with Gasteiger partial charge in [0.1, 0.15) is 0 Å². The molecule has 7 nitrogen and oxygen atoms in total. The molecule has 1 saturated carbocycles. The van der Waals surface area contributed by atoms with Gasteiger partial charge in [-0.3, -0.25) is 0 Å². The zero-order valence-corrected chi connectivity index (χ0v) is 18.6. The number of ether oxygens (including phenoxy) is 2. The minimum Gasteiger partial charge on any atom is -0.478 e. The zero-order chi connectivity index (χ0) is 20.9. The first-order valence-corrected chi connectivity index (χ1v) is 12.4. The molecule has 2 aliphatic rings. The molecule has 164 valence electrons. The highest BCUT2D eigenvalue weighted by Gasteiger charge is 2.33. The largest absolute Gasteiger partial charge is 0.478 e. The van der Waals surface area contributed by atoms with Gasteiger partial charge in [0, 0.05) is 23.8 Å². The van der Waals surface area contributed by atoms with Gasteiger partial charge in [0.05, 0.1) is 24.6 Å². The highest BCUT2D eigenvalue weighted by Crippen LogP contribution is 2.37. The van der Waals surface area contributed by atoms with Crippen LogP contribution in [0.2, 0.25) is 0 Å². The molecule has 1 aliphatic heterocycles. The fourth-order valence-corrected chi connectivity index (χ4v) is 5.16. The van der Waals surface area contributed by atoms with Crippen LogP contribution in [0.5, 0.6) is 5.88 Å². The summed E-state index contributed by atoms with van der Waals surface area (Å²) >= 11 is 0. The van der Waals surface area contributed by atoms with Gasteiger partial charge in [-0.1, -0.05) is 6.07 Å². The average molecular weight is 426 g/mol. The zero-order valence-electron chi connectivity index (χ0n) is 17.8. The minimum atomic E-state index is -3.27. The van der Waals surface area contributed by atoms with Crippen LogP contribution in [-0.2, 0) is 14.8 Å². The second-order valence-electron chi connectivity index (χ2n) is 8.31. The highest BCUT2D eigenvalue weighted by molar-refractivity contribution is 7.90. The van der Waals surface area contributed by atoms with Crippen LogP contribution in [0.3, 0.4) is 0 Å². The normalized spacial score (nSPS) is 28.0. The lowest BCUT2D eigenvalue weighted by molar-refractivity contribution is 0.0124. The van der Waals surface area contributed by atoms with Crippen molar-refractivity contribution in [1.82, 2.24) is 15.0 Å². The Kier molecular flexibility index (Phi) is 7.90. The standard InChI is InChI=1S/C21H35N3O4S/c1-4-27-21-18(6-5-12-23-21)16-7-9-17(10-8-16)28-14-20-19(11-13-22-20)24-29(25,26)15(2)3/h5-6,12,15-17,19-20,22,24H,4,7-11,13-14H2,1-3H3/t16?,17?,19-,20-/m0/s1. The van der Waals surface area contributed by atoms with Gasteiger partial charge in [-0.05, 0) is 71.4 Å². The number of rotatable bonds is 9. The van der Waals surface area contributed by atoms with Crippen molar-refractivity contribution in [3.63, 3.8) is 0 Å². The van der Waals surface area contributed by atoms with Crippen molar-refractivity contribution in [2.24, 2.45) is 0 Å². The van der Waals surface area contributed by atoms with Gasteiger partial charge in [-0.2, -0.15) is 0 Å². The summed E-state index contributed by atoms with van der Waals surface area (Å²) in [6, 6.07) is 4.04. The Balaban J connectivity index is 1.48. The molecule has 2 atom stereocenters. The van der Waals surface area contributed by atoms with Crippen LogP contribution < -0.4 is 14.8 Å². The minimum absolute atomic E-state index is 0.0316. The van der Waals surface area contributed by atoms with Gasteiger partial charge >= 0.3 is 0 Å². The molecule has 0 spiro atoms. The molecule has 2 heterocycles. The molecular formula is C21H35N3O4S. The van der Waals surface area contributed by atoms with E-state index in [1.165, 1.54) is 5.56 Å². The number of aromatic nitrogens is 1. The highest BCUT2D eigenvalue weighted by atomic mass is 32.2. The first-order chi connectivity index (χ1) is 13.9. The third-order valence-electron chi connectivity index (χ3n) is 5.99. The van der Waals surface area contributed by atoms with E-state index in [0.717, 1.165) is 44.5 Å². The van der Waals surface area contributed by atoms with Crippen molar-refractivity contribution < 1.29 is 17.9 Å². The Hall–Kier alpha value is -1.22. The topological polar surface area (TPSA) is 89.6 Å². The van der Waals surface area contributed by atoms with Crippen molar-refractivity contribution in [2.45, 2.75) is 82.2 Å². The van der Waals surface area contributed by atoms with Crippen molar-refractivity contribution in [2.75, 3.05) is 19.8 Å². The number of sulfonamides is 1. The summed E-state index contributed by atoms with van der Waals surface area (Å²) in [6.07, 6.45) is 6.91. The van der Waals surface area contributed by atoms with Gasteiger partial charge in [-0.25, -0.2) is 18.1 Å². The van der Waals surface area contributed by atoms with E-state index in [1.807, 2.05) is 13.0 Å². The lowest BCUT2D eigenvalue weighted by Crippen LogP contribution is -2.48. The first kappa shape index (κ1) is 22.5. The van der Waals surface area contributed by atoms with Gasteiger partial charge in [-0.15, -0.1) is 0 Å². The number of hydrogen-bond acceptors (Lipinski definition) is 6. The molecule has 2 N–H and O–H groups in total. The lowest BCUT2D eigenvalue weighted by atomic mass is 9.83. The van der Waals surface area contributed by atoms with E-state index in [2.05, 4.69) is 21.1 Å². The third kappa shape index (κ3) is 5.90. The quantitative estimate of drug-likeness (QED) is 0.632. The maximum atomic E-state index is 12.2. The van der Waals surface area contributed by atoms with Crippen LogP contribution in [0.25, 0.3) is 0 Å². The molecule has 29 heavy (non-hydrogen) atoms. The van der Waals surface area contributed by atoms with Crippen molar-refractivity contribution in [1.29, 1.82) is 0 Å². The van der Waals surface area contributed by atoms with E-state index in [-0.39, 0.29) is 18.2 Å². The maximum Gasteiger partial charge on any atom is 0.216 e. The SMILES string of the molecule is CCOc1ncccc1C1CCC(OC[C@@H]2NCC[C@@H]2NS(=O)(=O)C(C)C)CC1. The summed E-state index contributed by atoms with van der Waals surface area (Å²) in [4.78, 5) is 4.38. The second kappa shape index (κ2) is 10.2. The van der Waals surface area contributed by atoms with Crippen LogP contribution in [0, 0.1) is 0 Å². The summed E-state index contributed by atoms with van der Waals surface area (Å²) in [6.45, 7) is 7.36.